The quantitative estimate of drug-likeness (QED) is 0.806. The summed E-state index contributed by atoms with van der Waals surface area (Å²) in [6.07, 6.45) is 2.17. The molecule has 2 fully saturated rings. The van der Waals surface area contributed by atoms with Gasteiger partial charge in [-0.15, -0.1) is 0 Å². The highest BCUT2D eigenvalue weighted by atomic mass is 16.2. The molecule has 2 aromatic carbocycles. The minimum Gasteiger partial charge on any atom is -0.336 e. The largest absolute Gasteiger partial charge is 0.336 e. The zero-order valence-corrected chi connectivity index (χ0v) is 18.8. The maximum absolute atomic E-state index is 13.2. The summed E-state index contributed by atoms with van der Waals surface area (Å²) in [6.45, 7) is 7.90. The van der Waals surface area contributed by atoms with Gasteiger partial charge in [-0.2, -0.15) is 0 Å². The summed E-state index contributed by atoms with van der Waals surface area (Å²) in [7, 11) is 0. The van der Waals surface area contributed by atoms with Gasteiger partial charge < -0.3 is 15.1 Å². The highest BCUT2D eigenvalue weighted by Crippen LogP contribution is 2.46. The SMILES string of the molecule is Cc1ccc(CN2C[C@@H]3N(C(=O)NC(C)C)CC[C@]3(c3ccccc3)CCC2=O)cc1. The highest BCUT2D eigenvalue weighted by Gasteiger charge is 2.52. The van der Waals surface area contributed by atoms with Crippen LogP contribution in [-0.4, -0.2) is 46.9 Å². The number of nitrogens with zero attached hydrogens (tertiary/aromatic N) is 2. The topological polar surface area (TPSA) is 52.6 Å². The minimum atomic E-state index is -0.187. The number of urea groups is 1. The third kappa shape index (κ3) is 4.32. The van der Waals surface area contributed by atoms with Crippen LogP contribution in [-0.2, 0) is 16.8 Å². The van der Waals surface area contributed by atoms with Crippen LogP contribution >= 0.6 is 0 Å². The third-order valence-corrected chi connectivity index (χ3v) is 6.86. The Kier molecular flexibility index (Phi) is 6.03. The van der Waals surface area contributed by atoms with E-state index in [0.29, 0.717) is 26.1 Å². The first-order chi connectivity index (χ1) is 14.9. The minimum absolute atomic E-state index is 0.0255. The van der Waals surface area contributed by atoms with E-state index in [2.05, 4.69) is 60.8 Å². The third-order valence-electron chi connectivity index (χ3n) is 6.86. The molecular formula is C26H33N3O2. The van der Waals surface area contributed by atoms with Gasteiger partial charge in [0.25, 0.3) is 0 Å². The van der Waals surface area contributed by atoms with Crippen molar-refractivity contribution in [2.75, 3.05) is 13.1 Å². The summed E-state index contributed by atoms with van der Waals surface area (Å²) >= 11 is 0. The number of nitrogens with one attached hydrogen (secondary N) is 1. The molecular weight excluding hydrogens is 386 g/mol. The second-order valence-corrected chi connectivity index (χ2v) is 9.35. The lowest BCUT2D eigenvalue weighted by molar-refractivity contribution is -0.131. The Hall–Kier alpha value is -2.82. The predicted octanol–water partition coefficient (Wildman–Crippen LogP) is 4.25. The Bertz CT molecular complexity index is 925. The van der Waals surface area contributed by atoms with Crippen molar-refractivity contribution < 1.29 is 9.59 Å². The Balaban J connectivity index is 1.67. The summed E-state index contributed by atoms with van der Waals surface area (Å²) in [5.41, 5.74) is 3.39. The monoisotopic (exact) mass is 419 g/mol. The van der Waals surface area contributed by atoms with E-state index in [9.17, 15) is 9.59 Å². The highest BCUT2D eigenvalue weighted by molar-refractivity contribution is 5.79. The van der Waals surface area contributed by atoms with Gasteiger partial charge >= 0.3 is 6.03 Å². The van der Waals surface area contributed by atoms with Crippen molar-refractivity contribution in [1.82, 2.24) is 15.1 Å². The first kappa shape index (κ1) is 21.4. The van der Waals surface area contributed by atoms with Crippen molar-refractivity contribution in [1.29, 1.82) is 0 Å². The van der Waals surface area contributed by atoms with Crippen molar-refractivity contribution in [2.24, 2.45) is 0 Å². The van der Waals surface area contributed by atoms with E-state index in [1.807, 2.05) is 29.7 Å². The van der Waals surface area contributed by atoms with E-state index >= 15 is 0 Å². The maximum atomic E-state index is 13.2. The molecule has 2 heterocycles. The molecule has 4 rings (SSSR count). The molecule has 2 saturated heterocycles. The second kappa shape index (κ2) is 8.74. The van der Waals surface area contributed by atoms with Crippen molar-refractivity contribution in [3.8, 4) is 0 Å². The maximum Gasteiger partial charge on any atom is 0.317 e. The number of aryl methyl sites for hydroxylation is 1. The molecule has 2 aliphatic heterocycles. The van der Waals surface area contributed by atoms with E-state index in [4.69, 9.17) is 0 Å². The Morgan fingerprint density at radius 2 is 1.81 bits per heavy atom. The summed E-state index contributed by atoms with van der Waals surface area (Å²) in [5.74, 6) is 0.175. The fourth-order valence-electron chi connectivity index (χ4n) is 5.19. The number of fused-ring (bicyclic) bond motifs is 1. The molecule has 0 aliphatic carbocycles. The van der Waals surface area contributed by atoms with E-state index in [1.165, 1.54) is 11.1 Å². The first-order valence-corrected chi connectivity index (χ1v) is 11.3. The molecule has 2 atom stereocenters. The van der Waals surface area contributed by atoms with Crippen LogP contribution in [0.25, 0.3) is 0 Å². The molecule has 2 aliphatic rings. The number of hydrogen-bond acceptors (Lipinski definition) is 2. The lowest BCUT2D eigenvalue weighted by atomic mass is 9.71. The van der Waals surface area contributed by atoms with Gasteiger partial charge in [-0.3, -0.25) is 4.79 Å². The molecule has 0 aromatic heterocycles. The molecule has 164 valence electrons. The van der Waals surface area contributed by atoms with Crippen LogP contribution in [0.4, 0.5) is 4.79 Å². The van der Waals surface area contributed by atoms with Gasteiger partial charge in [0, 0.05) is 37.5 Å². The molecule has 0 radical (unpaired) electrons. The van der Waals surface area contributed by atoms with Gasteiger partial charge in [0.15, 0.2) is 0 Å². The molecule has 3 amide bonds. The number of carbonyl (C=O) groups is 2. The van der Waals surface area contributed by atoms with Gasteiger partial charge in [-0.1, -0.05) is 60.2 Å². The number of likely N-dealkylation sites (tertiary alicyclic amines) is 2. The lowest BCUT2D eigenvalue weighted by Crippen LogP contribution is -2.53. The summed E-state index contributed by atoms with van der Waals surface area (Å²) in [4.78, 5) is 30.2. The number of rotatable bonds is 4. The Morgan fingerprint density at radius 3 is 2.48 bits per heavy atom. The van der Waals surface area contributed by atoms with Crippen LogP contribution in [0.15, 0.2) is 54.6 Å². The van der Waals surface area contributed by atoms with E-state index < -0.39 is 0 Å². The molecule has 1 N–H and O–H groups in total. The van der Waals surface area contributed by atoms with Crippen molar-refractivity contribution in [3.05, 3.63) is 71.3 Å². The van der Waals surface area contributed by atoms with Crippen molar-refractivity contribution in [2.45, 2.75) is 64.1 Å². The smallest absolute Gasteiger partial charge is 0.317 e. The lowest BCUT2D eigenvalue weighted by Gasteiger charge is -2.38. The molecule has 31 heavy (non-hydrogen) atoms. The number of amides is 3. The molecule has 5 heteroatoms. The second-order valence-electron chi connectivity index (χ2n) is 9.35. The fourth-order valence-corrected chi connectivity index (χ4v) is 5.19. The van der Waals surface area contributed by atoms with Gasteiger partial charge in [-0.05, 0) is 44.7 Å². The van der Waals surface area contributed by atoms with Gasteiger partial charge in [0.1, 0.15) is 0 Å². The standard InChI is InChI=1S/C26H33N3O2/c1-19(2)27-25(31)29-16-15-26(22-7-5-4-6-8-22)14-13-24(30)28(18-23(26)29)17-21-11-9-20(3)10-12-21/h4-12,19,23H,13-18H2,1-3H3,(H,27,31)/t23-,26-/m0/s1. The Labute approximate surface area is 185 Å². The average Bonchev–Trinajstić information content (AvgIpc) is 3.06. The van der Waals surface area contributed by atoms with Gasteiger partial charge in [0.2, 0.25) is 5.91 Å². The normalized spacial score (nSPS) is 23.6. The van der Waals surface area contributed by atoms with Crippen LogP contribution in [0.3, 0.4) is 0 Å². The molecule has 2 aromatic rings. The fraction of sp³-hybridized carbons (Fsp3) is 0.462. The molecule has 0 saturated carbocycles. The average molecular weight is 420 g/mol. The van der Waals surface area contributed by atoms with E-state index in [1.54, 1.807) is 0 Å². The van der Waals surface area contributed by atoms with Crippen LogP contribution in [0, 0.1) is 6.92 Å². The number of carbonyl (C=O) groups excluding carboxylic acids is 2. The zero-order valence-electron chi connectivity index (χ0n) is 18.8. The molecule has 5 nitrogen and oxygen atoms in total. The van der Waals surface area contributed by atoms with Crippen LogP contribution in [0.2, 0.25) is 0 Å². The molecule has 0 bridgehead atoms. The zero-order chi connectivity index (χ0) is 22.0. The molecule has 0 unspecified atom stereocenters. The van der Waals surface area contributed by atoms with Crippen LogP contribution < -0.4 is 5.32 Å². The van der Waals surface area contributed by atoms with Gasteiger partial charge in [0.05, 0.1) is 6.04 Å². The van der Waals surface area contributed by atoms with Gasteiger partial charge in [-0.25, -0.2) is 4.79 Å². The summed E-state index contributed by atoms with van der Waals surface area (Å²) in [5, 5.41) is 3.07. The first-order valence-electron chi connectivity index (χ1n) is 11.3. The predicted molar refractivity (Wildman–Crippen MR) is 123 cm³/mol. The van der Waals surface area contributed by atoms with E-state index in [-0.39, 0.29) is 29.4 Å². The van der Waals surface area contributed by atoms with Crippen molar-refractivity contribution in [3.63, 3.8) is 0 Å². The van der Waals surface area contributed by atoms with E-state index in [0.717, 1.165) is 18.4 Å². The summed E-state index contributed by atoms with van der Waals surface area (Å²) < 4.78 is 0. The number of hydrogen-bond donors (Lipinski definition) is 1. The Morgan fingerprint density at radius 1 is 1.10 bits per heavy atom. The van der Waals surface area contributed by atoms with Crippen LogP contribution in [0.1, 0.15) is 49.8 Å². The van der Waals surface area contributed by atoms with Crippen molar-refractivity contribution >= 4 is 11.9 Å². The van der Waals surface area contributed by atoms with Crippen LogP contribution in [0.5, 0.6) is 0 Å². The number of benzene rings is 2. The summed E-state index contributed by atoms with van der Waals surface area (Å²) in [6, 6.07) is 18.9. The molecule has 0 spiro atoms.